The van der Waals surface area contributed by atoms with Crippen LogP contribution in [0, 0.1) is 6.92 Å². The molecule has 1 N–H and O–H groups in total. The van der Waals surface area contributed by atoms with Crippen LogP contribution in [0.3, 0.4) is 0 Å². The van der Waals surface area contributed by atoms with E-state index in [0.29, 0.717) is 6.54 Å². The lowest BCUT2D eigenvalue weighted by molar-refractivity contribution is -0.678. The monoisotopic (exact) mass is 452 g/mol. The van der Waals surface area contributed by atoms with Crippen molar-refractivity contribution in [3.63, 3.8) is 0 Å². The number of rotatable bonds is 13. The maximum atomic E-state index is 10.4. The summed E-state index contributed by atoms with van der Waals surface area (Å²) in [6.45, 7) is 5.03. The van der Waals surface area contributed by atoms with Crippen molar-refractivity contribution in [1.82, 2.24) is 4.57 Å². The van der Waals surface area contributed by atoms with Crippen LogP contribution in [0.25, 0.3) is 0 Å². The van der Waals surface area contributed by atoms with Gasteiger partial charge in [-0.25, -0.2) is 17.6 Å². The highest BCUT2D eigenvalue weighted by Crippen LogP contribution is 2.11. The van der Waals surface area contributed by atoms with Crippen LogP contribution in [-0.4, -0.2) is 29.3 Å². The van der Waals surface area contributed by atoms with Crippen molar-refractivity contribution >= 4 is 10.1 Å². The summed E-state index contributed by atoms with van der Waals surface area (Å²) in [5.74, 6) is 1.34. The number of nitrogens with zero attached hydrogens (tertiary/aromatic N) is 2. The average Bonchev–Trinajstić information content (AvgIpc) is 3.07. The highest BCUT2D eigenvalue weighted by molar-refractivity contribution is 7.85. The molecule has 2 rings (SSSR count). The average molecular weight is 453 g/mol. The number of benzene rings is 1. The van der Waals surface area contributed by atoms with Gasteiger partial charge in [0.25, 0.3) is 5.82 Å². The molecule has 0 amide bonds. The smallest absolute Gasteiger partial charge is 0.256 e. The number of aliphatic hydroxyl groups excluding tert-OH is 1. The van der Waals surface area contributed by atoms with Gasteiger partial charge in [0.1, 0.15) is 29.1 Å². The van der Waals surface area contributed by atoms with Crippen LogP contribution in [0.15, 0.2) is 41.6 Å². The predicted octanol–water partition coefficient (Wildman–Crippen LogP) is 4.28. The number of aryl methyl sites for hydroxylation is 2. The van der Waals surface area contributed by atoms with Gasteiger partial charge in [-0.15, -0.1) is 0 Å². The van der Waals surface area contributed by atoms with Crippen molar-refractivity contribution in [2.75, 3.05) is 6.61 Å². The Hall–Kier alpha value is -1.70. The molecule has 0 unspecified atom stereocenters. The Labute approximate surface area is 188 Å². The van der Waals surface area contributed by atoms with E-state index in [0.717, 1.165) is 12.0 Å². The molecule has 0 aliphatic rings. The van der Waals surface area contributed by atoms with Gasteiger partial charge in [-0.1, -0.05) is 76.0 Å². The fraction of sp³-hybridized carbons (Fsp3) is 0.625. The maximum Gasteiger partial charge on any atom is 0.256 e. The van der Waals surface area contributed by atoms with E-state index in [-0.39, 0.29) is 11.5 Å². The third-order valence-electron chi connectivity index (χ3n) is 5.36. The first-order chi connectivity index (χ1) is 14.8. The minimum absolute atomic E-state index is 0.178. The van der Waals surface area contributed by atoms with E-state index in [1.807, 2.05) is 6.92 Å². The van der Waals surface area contributed by atoms with Gasteiger partial charge in [-0.05, 0) is 25.5 Å². The van der Waals surface area contributed by atoms with E-state index in [9.17, 15) is 13.0 Å². The Bertz CT molecular complexity index is 830. The topological polar surface area (TPSA) is 86.2 Å². The highest BCUT2D eigenvalue weighted by Gasteiger charge is 2.13. The van der Waals surface area contributed by atoms with E-state index >= 15 is 0 Å². The summed E-state index contributed by atoms with van der Waals surface area (Å²) in [6.07, 6.45) is 17.6. The van der Waals surface area contributed by atoms with Crippen LogP contribution in [0.1, 0.15) is 76.1 Å². The Morgan fingerprint density at radius 3 is 2.03 bits per heavy atom. The second kappa shape index (κ2) is 15.2. The van der Waals surface area contributed by atoms with Crippen LogP contribution in [0.5, 0.6) is 0 Å². The van der Waals surface area contributed by atoms with Crippen molar-refractivity contribution in [3.8, 4) is 0 Å². The molecule has 6 nitrogen and oxygen atoms in total. The van der Waals surface area contributed by atoms with Crippen molar-refractivity contribution < 1.29 is 22.6 Å². The molecule has 0 fully saturated rings. The van der Waals surface area contributed by atoms with E-state index < -0.39 is 10.1 Å². The molecular formula is C24H40N2O4S. The van der Waals surface area contributed by atoms with Gasteiger partial charge in [0.2, 0.25) is 0 Å². The zero-order valence-electron chi connectivity index (χ0n) is 19.4. The minimum atomic E-state index is -4.27. The summed E-state index contributed by atoms with van der Waals surface area (Å²) in [5.41, 5.74) is 0.928. The van der Waals surface area contributed by atoms with Crippen LogP contribution in [-0.2, 0) is 30.1 Å². The SMILES string of the molecule is CCCCCCCCCCCc1n(CCO)cc[n+]1C.Cc1ccc(S(=O)(=O)[O-])cc1. The molecule has 7 heteroatoms. The van der Waals surface area contributed by atoms with Crippen LogP contribution >= 0.6 is 0 Å². The summed E-state index contributed by atoms with van der Waals surface area (Å²) in [5, 5.41) is 9.05. The molecule has 2 aromatic rings. The van der Waals surface area contributed by atoms with E-state index in [1.165, 1.54) is 75.7 Å². The molecule has 31 heavy (non-hydrogen) atoms. The molecule has 0 bridgehead atoms. The lowest BCUT2D eigenvalue weighted by Crippen LogP contribution is -2.32. The van der Waals surface area contributed by atoms with Crippen LogP contribution < -0.4 is 4.57 Å². The predicted molar refractivity (Wildman–Crippen MR) is 123 cm³/mol. The third kappa shape index (κ3) is 11.5. The normalized spacial score (nSPS) is 11.3. The fourth-order valence-electron chi connectivity index (χ4n) is 3.49. The molecule has 0 saturated heterocycles. The highest BCUT2D eigenvalue weighted by atomic mass is 32.2. The van der Waals surface area contributed by atoms with Gasteiger partial charge in [-0.3, -0.25) is 0 Å². The first-order valence-corrected chi connectivity index (χ1v) is 12.9. The zero-order chi connectivity index (χ0) is 23.1. The summed E-state index contributed by atoms with van der Waals surface area (Å²) < 4.78 is 35.5. The molecule has 1 aromatic heterocycles. The van der Waals surface area contributed by atoms with Gasteiger partial charge < -0.3 is 9.66 Å². The van der Waals surface area contributed by atoms with Crippen molar-refractivity contribution in [2.24, 2.45) is 7.05 Å². The van der Waals surface area contributed by atoms with Gasteiger partial charge in [0.05, 0.1) is 18.6 Å². The summed E-state index contributed by atoms with van der Waals surface area (Å²) in [4.78, 5) is -0.178. The lowest BCUT2D eigenvalue weighted by Gasteiger charge is -2.05. The quantitative estimate of drug-likeness (QED) is 0.279. The molecule has 0 spiro atoms. The molecular weight excluding hydrogens is 412 g/mol. The van der Waals surface area contributed by atoms with Crippen LogP contribution in [0.4, 0.5) is 0 Å². The second-order valence-corrected chi connectivity index (χ2v) is 9.47. The van der Waals surface area contributed by atoms with Gasteiger partial charge >= 0.3 is 0 Å². The molecule has 0 saturated carbocycles. The molecule has 0 radical (unpaired) electrons. The Kier molecular flexibility index (Phi) is 13.4. The van der Waals surface area contributed by atoms with E-state index in [4.69, 9.17) is 5.11 Å². The first kappa shape index (κ1) is 27.3. The number of aliphatic hydroxyl groups is 1. The number of aromatic nitrogens is 2. The Morgan fingerprint density at radius 1 is 0.968 bits per heavy atom. The Balaban J connectivity index is 0.000000367. The van der Waals surface area contributed by atoms with E-state index in [2.05, 4.69) is 35.5 Å². The van der Waals surface area contributed by atoms with E-state index in [1.54, 1.807) is 12.1 Å². The second-order valence-electron chi connectivity index (χ2n) is 8.09. The number of hydrogen-bond acceptors (Lipinski definition) is 4. The molecule has 1 aromatic carbocycles. The van der Waals surface area contributed by atoms with Crippen molar-refractivity contribution in [3.05, 3.63) is 48.0 Å². The maximum absolute atomic E-state index is 10.4. The largest absolute Gasteiger partial charge is 0.744 e. The summed E-state index contributed by atoms with van der Waals surface area (Å²) in [7, 11) is -2.18. The fourth-order valence-corrected chi connectivity index (χ4v) is 3.95. The van der Waals surface area contributed by atoms with Crippen LogP contribution in [0.2, 0.25) is 0 Å². The summed E-state index contributed by atoms with van der Waals surface area (Å²) in [6, 6.07) is 5.78. The summed E-state index contributed by atoms with van der Waals surface area (Å²) >= 11 is 0. The standard InChI is InChI=1S/C17H33N2O.C7H8O3S/c1-3-4-5-6-7-8-9-10-11-12-17-18(2)13-14-19(17)15-16-20;1-6-2-4-7(5-3-6)11(8,9)10/h13-14,20H,3-12,15-16H2,1-2H3;2-5H,1H3,(H,8,9,10)/q+1;/p-1. The Morgan fingerprint density at radius 2 is 1.52 bits per heavy atom. The van der Waals surface area contributed by atoms with Crippen molar-refractivity contribution in [1.29, 1.82) is 0 Å². The first-order valence-electron chi connectivity index (χ1n) is 11.5. The molecule has 0 aliphatic heterocycles. The lowest BCUT2D eigenvalue weighted by atomic mass is 10.1. The molecule has 0 atom stereocenters. The minimum Gasteiger partial charge on any atom is -0.744 e. The van der Waals surface area contributed by atoms with Gasteiger partial charge in [-0.2, -0.15) is 0 Å². The number of unbranched alkanes of at least 4 members (excludes halogenated alkanes) is 8. The van der Waals surface area contributed by atoms with Gasteiger partial charge in [0, 0.05) is 6.42 Å². The number of hydrogen-bond donors (Lipinski definition) is 1. The van der Waals surface area contributed by atoms with Crippen molar-refractivity contribution in [2.45, 2.75) is 89.5 Å². The third-order valence-corrected chi connectivity index (χ3v) is 6.21. The molecule has 0 aliphatic carbocycles. The number of imidazole rings is 1. The molecule has 1 heterocycles. The molecule has 176 valence electrons. The van der Waals surface area contributed by atoms with Gasteiger partial charge in [0.15, 0.2) is 0 Å². The zero-order valence-corrected chi connectivity index (χ0v) is 20.2.